The van der Waals surface area contributed by atoms with E-state index in [1.165, 1.54) is 5.56 Å². The van der Waals surface area contributed by atoms with Crippen LogP contribution in [0.3, 0.4) is 0 Å². The van der Waals surface area contributed by atoms with E-state index in [1.807, 2.05) is 18.4 Å². The van der Waals surface area contributed by atoms with Gasteiger partial charge in [-0.25, -0.2) is 9.97 Å². The third-order valence-corrected chi connectivity index (χ3v) is 3.65. The smallest absolute Gasteiger partial charge is 0.133 e. The standard InChI is InChI=1S/C15H20N4S/c1-20-15-10-14(17-12-18-15)19(9-5-8-16)11-13-6-3-2-4-7-13/h2-4,6-7,10,12H,5,8-9,11,16H2,1H3. The van der Waals surface area contributed by atoms with E-state index in [1.54, 1.807) is 18.1 Å². The Morgan fingerprint density at radius 3 is 2.70 bits per heavy atom. The minimum absolute atomic E-state index is 0.686. The van der Waals surface area contributed by atoms with E-state index in [0.717, 1.165) is 30.4 Å². The molecule has 1 heterocycles. The highest BCUT2D eigenvalue weighted by molar-refractivity contribution is 7.98. The van der Waals surface area contributed by atoms with E-state index in [4.69, 9.17) is 5.73 Å². The molecular weight excluding hydrogens is 268 g/mol. The van der Waals surface area contributed by atoms with Crippen LogP contribution in [0.4, 0.5) is 5.82 Å². The summed E-state index contributed by atoms with van der Waals surface area (Å²) in [7, 11) is 0. The van der Waals surface area contributed by atoms with Crippen molar-refractivity contribution in [2.24, 2.45) is 5.73 Å². The molecule has 0 fully saturated rings. The first-order chi connectivity index (χ1) is 9.83. The van der Waals surface area contributed by atoms with Gasteiger partial charge in [-0.1, -0.05) is 30.3 Å². The van der Waals surface area contributed by atoms with E-state index in [0.29, 0.717) is 6.54 Å². The SMILES string of the molecule is CSc1cc(N(CCCN)Cc2ccccc2)ncn1. The molecule has 2 aromatic rings. The van der Waals surface area contributed by atoms with Gasteiger partial charge in [-0.2, -0.15) is 0 Å². The average molecular weight is 288 g/mol. The maximum absolute atomic E-state index is 5.64. The number of rotatable bonds is 7. The van der Waals surface area contributed by atoms with E-state index in [2.05, 4.69) is 39.1 Å². The molecule has 1 aromatic carbocycles. The van der Waals surface area contributed by atoms with Crippen LogP contribution in [0, 0.1) is 0 Å². The topological polar surface area (TPSA) is 55.0 Å². The molecule has 0 saturated heterocycles. The van der Waals surface area contributed by atoms with Crippen molar-refractivity contribution < 1.29 is 0 Å². The first-order valence-corrected chi connectivity index (χ1v) is 7.91. The van der Waals surface area contributed by atoms with Crippen LogP contribution in [0.1, 0.15) is 12.0 Å². The monoisotopic (exact) mass is 288 g/mol. The number of thioether (sulfide) groups is 1. The summed E-state index contributed by atoms with van der Waals surface area (Å²) >= 11 is 1.63. The number of nitrogens with two attached hydrogens (primary N) is 1. The van der Waals surface area contributed by atoms with Gasteiger partial charge in [0, 0.05) is 19.2 Å². The maximum Gasteiger partial charge on any atom is 0.133 e. The minimum Gasteiger partial charge on any atom is -0.352 e. The van der Waals surface area contributed by atoms with Crippen LogP contribution in [-0.4, -0.2) is 29.3 Å². The first-order valence-electron chi connectivity index (χ1n) is 6.68. The molecule has 0 aliphatic heterocycles. The summed E-state index contributed by atoms with van der Waals surface area (Å²) in [5, 5.41) is 0.987. The van der Waals surface area contributed by atoms with Crippen LogP contribution in [0.5, 0.6) is 0 Å². The molecule has 0 unspecified atom stereocenters. The number of aromatic nitrogens is 2. The molecule has 2 N–H and O–H groups in total. The van der Waals surface area contributed by atoms with Crippen LogP contribution in [0.15, 0.2) is 47.8 Å². The summed E-state index contributed by atoms with van der Waals surface area (Å²) < 4.78 is 0. The molecule has 4 nitrogen and oxygen atoms in total. The molecule has 5 heteroatoms. The Labute approximate surface area is 124 Å². The molecule has 1 aromatic heterocycles. The van der Waals surface area contributed by atoms with Crippen molar-refractivity contribution >= 4 is 17.6 Å². The van der Waals surface area contributed by atoms with Gasteiger partial charge in [0.1, 0.15) is 17.2 Å². The lowest BCUT2D eigenvalue weighted by Crippen LogP contribution is -2.26. The molecule has 0 aliphatic carbocycles. The quantitative estimate of drug-likeness (QED) is 0.627. The highest BCUT2D eigenvalue weighted by atomic mass is 32.2. The highest BCUT2D eigenvalue weighted by Gasteiger charge is 2.09. The number of hydrogen-bond donors (Lipinski definition) is 1. The lowest BCUT2D eigenvalue weighted by molar-refractivity contribution is 0.722. The van der Waals surface area contributed by atoms with Gasteiger partial charge in [0.2, 0.25) is 0 Å². The molecule has 106 valence electrons. The highest BCUT2D eigenvalue weighted by Crippen LogP contribution is 2.19. The fourth-order valence-corrected chi connectivity index (χ4v) is 2.35. The fourth-order valence-electron chi connectivity index (χ4n) is 1.98. The Bertz CT molecular complexity index is 518. The Balaban J connectivity index is 2.17. The van der Waals surface area contributed by atoms with E-state index < -0.39 is 0 Å². The lowest BCUT2D eigenvalue weighted by Gasteiger charge is -2.23. The second-order valence-electron chi connectivity index (χ2n) is 4.47. The Morgan fingerprint density at radius 2 is 2.00 bits per heavy atom. The molecule has 0 amide bonds. The largest absolute Gasteiger partial charge is 0.352 e. The van der Waals surface area contributed by atoms with E-state index in [-0.39, 0.29) is 0 Å². The normalized spacial score (nSPS) is 10.5. The Morgan fingerprint density at radius 1 is 1.20 bits per heavy atom. The minimum atomic E-state index is 0.686. The predicted octanol–water partition coefficient (Wildman–Crippen LogP) is 2.55. The van der Waals surface area contributed by atoms with Crippen molar-refractivity contribution in [2.75, 3.05) is 24.2 Å². The summed E-state index contributed by atoms with van der Waals surface area (Å²) in [5.41, 5.74) is 6.91. The molecule has 0 spiro atoms. The summed E-state index contributed by atoms with van der Waals surface area (Å²) in [4.78, 5) is 10.9. The van der Waals surface area contributed by atoms with Gasteiger partial charge in [-0.05, 0) is 24.8 Å². The van der Waals surface area contributed by atoms with Crippen molar-refractivity contribution in [1.29, 1.82) is 0 Å². The Hall–Kier alpha value is -1.59. The third-order valence-electron chi connectivity index (χ3n) is 3.01. The molecule has 0 saturated carbocycles. The third kappa shape index (κ3) is 4.21. The number of benzene rings is 1. The molecule has 0 aliphatic rings. The Kier molecular flexibility index (Phi) is 5.83. The van der Waals surface area contributed by atoms with E-state index in [9.17, 15) is 0 Å². The summed E-state index contributed by atoms with van der Waals surface area (Å²) in [6.45, 7) is 2.42. The van der Waals surface area contributed by atoms with Gasteiger partial charge in [0.05, 0.1) is 0 Å². The molecule has 2 rings (SSSR count). The zero-order valence-corrected chi connectivity index (χ0v) is 12.5. The van der Waals surface area contributed by atoms with Crippen LogP contribution < -0.4 is 10.6 Å². The fraction of sp³-hybridized carbons (Fsp3) is 0.333. The zero-order chi connectivity index (χ0) is 14.2. The molecular formula is C15H20N4S. The lowest BCUT2D eigenvalue weighted by atomic mass is 10.2. The van der Waals surface area contributed by atoms with Crippen LogP contribution >= 0.6 is 11.8 Å². The van der Waals surface area contributed by atoms with Crippen molar-refractivity contribution in [1.82, 2.24) is 9.97 Å². The van der Waals surface area contributed by atoms with Crippen molar-refractivity contribution in [2.45, 2.75) is 18.0 Å². The molecule has 20 heavy (non-hydrogen) atoms. The van der Waals surface area contributed by atoms with Crippen LogP contribution in [0.2, 0.25) is 0 Å². The average Bonchev–Trinajstić information content (AvgIpc) is 2.52. The molecule has 0 radical (unpaired) electrons. The van der Waals surface area contributed by atoms with Gasteiger partial charge < -0.3 is 10.6 Å². The summed E-state index contributed by atoms with van der Waals surface area (Å²) in [6, 6.07) is 12.4. The second-order valence-corrected chi connectivity index (χ2v) is 5.29. The van der Waals surface area contributed by atoms with Crippen molar-refractivity contribution in [3.05, 3.63) is 48.3 Å². The summed E-state index contributed by atoms with van der Waals surface area (Å²) in [5.74, 6) is 0.960. The van der Waals surface area contributed by atoms with Gasteiger partial charge in [-0.15, -0.1) is 11.8 Å². The summed E-state index contributed by atoms with van der Waals surface area (Å²) in [6.07, 6.45) is 4.60. The van der Waals surface area contributed by atoms with E-state index >= 15 is 0 Å². The predicted molar refractivity (Wildman–Crippen MR) is 85.0 cm³/mol. The maximum atomic E-state index is 5.64. The van der Waals surface area contributed by atoms with Crippen LogP contribution in [0.25, 0.3) is 0 Å². The zero-order valence-electron chi connectivity index (χ0n) is 11.7. The first kappa shape index (κ1) is 14.8. The van der Waals surface area contributed by atoms with Crippen LogP contribution in [-0.2, 0) is 6.54 Å². The van der Waals surface area contributed by atoms with Gasteiger partial charge in [0.25, 0.3) is 0 Å². The molecule has 0 atom stereocenters. The number of hydrogen-bond acceptors (Lipinski definition) is 5. The van der Waals surface area contributed by atoms with Gasteiger partial charge in [0.15, 0.2) is 0 Å². The number of anilines is 1. The van der Waals surface area contributed by atoms with Gasteiger partial charge in [-0.3, -0.25) is 0 Å². The molecule has 0 bridgehead atoms. The van der Waals surface area contributed by atoms with Crippen molar-refractivity contribution in [3.63, 3.8) is 0 Å². The van der Waals surface area contributed by atoms with Crippen molar-refractivity contribution in [3.8, 4) is 0 Å². The number of nitrogens with zero attached hydrogens (tertiary/aromatic N) is 3. The second kappa shape index (κ2) is 7.87. The van der Waals surface area contributed by atoms with Gasteiger partial charge >= 0.3 is 0 Å².